The molecular formula is C23H14BrClN2O3. The van der Waals surface area contributed by atoms with Gasteiger partial charge in [0.15, 0.2) is 5.43 Å². The lowest BCUT2D eigenvalue weighted by atomic mass is 9.98. The van der Waals surface area contributed by atoms with E-state index in [0.717, 1.165) is 15.6 Å². The zero-order valence-electron chi connectivity index (χ0n) is 15.7. The minimum Gasteiger partial charge on any atom is -0.450 e. The van der Waals surface area contributed by atoms with E-state index in [0.29, 0.717) is 21.8 Å². The molecule has 1 aliphatic heterocycles. The Bertz CT molecular complexity index is 1380. The number of pyridine rings is 1. The van der Waals surface area contributed by atoms with Crippen molar-refractivity contribution in [1.29, 1.82) is 0 Å². The topological polar surface area (TPSA) is 63.4 Å². The molecule has 1 unspecified atom stereocenters. The molecule has 3 heterocycles. The largest absolute Gasteiger partial charge is 0.450 e. The van der Waals surface area contributed by atoms with Gasteiger partial charge in [0.1, 0.15) is 11.4 Å². The minimum absolute atomic E-state index is 0.0298. The van der Waals surface area contributed by atoms with E-state index in [1.54, 1.807) is 30.5 Å². The molecule has 7 heteroatoms. The molecule has 2 aromatic carbocycles. The number of hydrogen-bond donors (Lipinski definition) is 0. The Balaban J connectivity index is 1.83. The minimum atomic E-state index is -0.667. The second-order valence-corrected chi connectivity index (χ2v) is 8.49. The standard InChI is InChI=1S/C23H14BrClN2O3/c1-12-5-8-18(26-11-12)27-20(13-3-2-4-14(24)9-13)19-21(28)16-10-15(25)6-7-17(16)30-22(19)23(27)29/h2-11,20H,1H3. The third-order valence-electron chi connectivity index (χ3n) is 5.14. The maximum absolute atomic E-state index is 13.5. The number of aromatic nitrogens is 1. The summed E-state index contributed by atoms with van der Waals surface area (Å²) in [6, 6.07) is 15.3. The maximum atomic E-state index is 13.5. The van der Waals surface area contributed by atoms with Crippen LogP contribution in [0.25, 0.3) is 11.0 Å². The van der Waals surface area contributed by atoms with E-state index in [4.69, 9.17) is 16.0 Å². The average molecular weight is 482 g/mol. The van der Waals surface area contributed by atoms with E-state index in [2.05, 4.69) is 20.9 Å². The first-order valence-electron chi connectivity index (χ1n) is 9.22. The number of carbonyl (C=O) groups excluding carboxylic acids is 1. The fourth-order valence-electron chi connectivity index (χ4n) is 3.78. The lowest BCUT2D eigenvalue weighted by Gasteiger charge is -2.24. The zero-order chi connectivity index (χ0) is 21.0. The molecule has 0 N–H and O–H groups in total. The lowest BCUT2D eigenvalue weighted by molar-refractivity contribution is 0.0970. The van der Waals surface area contributed by atoms with Crippen molar-refractivity contribution in [2.24, 2.45) is 0 Å². The fourth-order valence-corrected chi connectivity index (χ4v) is 4.37. The smallest absolute Gasteiger partial charge is 0.296 e. The number of anilines is 1. The van der Waals surface area contributed by atoms with Crippen molar-refractivity contribution >= 4 is 50.2 Å². The number of aryl methyl sites for hydroxylation is 1. The first kappa shape index (κ1) is 19.0. The average Bonchev–Trinajstić information content (AvgIpc) is 3.02. The summed E-state index contributed by atoms with van der Waals surface area (Å²) in [5.74, 6) is 0.0749. The third-order valence-corrected chi connectivity index (χ3v) is 5.87. The molecule has 0 aliphatic carbocycles. The Morgan fingerprint density at radius 2 is 1.93 bits per heavy atom. The summed E-state index contributed by atoms with van der Waals surface area (Å²) in [7, 11) is 0. The molecule has 0 saturated carbocycles. The molecule has 4 aromatic rings. The van der Waals surface area contributed by atoms with Crippen molar-refractivity contribution < 1.29 is 9.21 Å². The SMILES string of the molecule is Cc1ccc(N2C(=O)c3oc4ccc(Cl)cc4c(=O)c3C2c2cccc(Br)c2)nc1. The van der Waals surface area contributed by atoms with Gasteiger partial charge in [-0.1, -0.05) is 45.7 Å². The van der Waals surface area contributed by atoms with Gasteiger partial charge >= 0.3 is 0 Å². The summed E-state index contributed by atoms with van der Waals surface area (Å²) in [6.07, 6.45) is 1.69. The molecule has 1 atom stereocenters. The van der Waals surface area contributed by atoms with E-state index in [1.807, 2.05) is 37.3 Å². The summed E-state index contributed by atoms with van der Waals surface area (Å²) < 4.78 is 6.76. The van der Waals surface area contributed by atoms with Crippen LogP contribution in [0, 0.1) is 6.92 Å². The van der Waals surface area contributed by atoms with Crippen LogP contribution in [0.5, 0.6) is 0 Å². The molecule has 148 valence electrons. The number of hydrogen-bond acceptors (Lipinski definition) is 4. The molecule has 0 radical (unpaired) electrons. The Morgan fingerprint density at radius 3 is 2.67 bits per heavy atom. The fraction of sp³-hybridized carbons (Fsp3) is 0.0870. The number of benzene rings is 2. The lowest BCUT2D eigenvalue weighted by Crippen LogP contribution is -2.30. The van der Waals surface area contributed by atoms with Gasteiger partial charge < -0.3 is 4.42 Å². The van der Waals surface area contributed by atoms with Crippen molar-refractivity contribution in [3.8, 4) is 0 Å². The molecule has 5 nitrogen and oxygen atoms in total. The summed E-state index contributed by atoms with van der Waals surface area (Å²) in [6.45, 7) is 1.92. The quantitative estimate of drug-likeness (QED) is 0.370. The molecular weight excluding hydrogens is 468 g/mol. The van der Waals surface area contributed by atoms with E-state index >= 15 is 0 Å². The Labute approximate surface area is 185 Å². The van der Waals surface area contributed by atoms with Gasteiger partial charge in [-0.3, -0.25) is 14.5 Å². The van der Waals surface area contributed by atoms with E-state index < -0.39 is 11.9 Å². The van der Waals surface area contributed by atoms with Gasteiger partial charge in [-0.2, -0.15) is 0 Å². The normalized spacial score (nSPS) is 15.6. The van der Waals surface area contributed by atoms with Gasteiger partial charge in [0.2, 0.25) is 5.76 Å². The van der Waals surface area contributed by atoms with Crippen LogP contribution in [-0.2, 0) is 0 Å². The second kappa shape index (κ2) is 7.07. The van der Waals surface area contributed by atoms with Crippen molar-refractivity contribution in [2.75, 3.05) is 4.90 Å². The van der Waals surface area contributed by atoms with Crippen LogP contribution < -0.4 is 10.3 Å². The van der Waals surface area contributed by atoms with Crippen molar-refractivity contribution in [2.45, 2.75) is 13.0 Å². The highest BCUT2D eigenvalue weighted by atomic mass is 79.9. The van der Waals surface area contributed by atoms with Gasteiger partial charge in [-0.15, -0.1) is 0 Å². The number of amides is 1. The van der Waals surface area contributed by atoms with Crippen LogP contribution in [0.15, 0.2) is 74.5 Å². The molecule has 0 saturated heterocycles. The molecule has 1 amide bonds. The van der Waals surface area contributed by atoms with Gasteiger partial charge in [-0.05, 0) is 54.4 Å². The van der Waals surface area contributed by atoms with Crippen LogP contribution >= 0.6 is 27.5 Å². The van der Waals surface area contributed by atoms with Crippen LogP contribution in [0.2, 0.25) is 5.02 Å². The molecule has 5 rings (SSSR count). The number of rotatable bonds is 2. The highest BCUT2D eigenvalue weighted by Crippen LogP contribution is 2.41. The van der Waals surface area contributed by atoms with Crippen molar-refractivity contribution in [3.63, 3.8) is 0 Å². The third kappa shape index (κ3) is 2.95. The number of halogens is 2. The molecule has 1 aliphatic rings. The molecule has 0 bridgehead atoms. The number of fused-ring (bicyclic) bond motifs is 2. The molecule has 0 fully saturated rings. The van der Waals surface area contributed by atoms with Gasteiger partial charge in [0.05, 0.1) is 17.0 Å². The number of carbonyl (C=O) groups is 1. The Kier molecular flexibility index (Phi) is 4.49. The van der Waals surface area contributed by atoms with Gasteiger partial charge in [0.25, 0.3) is 5.91 Å². The van der Waals surface area contributed by atoms with Crippen LogP contribution in [0.3, 0.4) is 0 Å². The predicted molar refractivity (Wildman–Crippen MR) is 119 cm³/mol. The van der Waals surface area contributed by atoms with Crippen molar-refractivity contribution in [3.05, 3.63) is 103 Å². The molecule has 30 heavy (non-hydrogen) atoms. The first-order valence-corrected chi connectivity index (χ1v) is 10.4. The predicted octanol–water partition coefficient (Wildman–Crippen LogP) is 5.66. The number of nitrogens with zero attached hydrogens (tertiary/aromatic N) is 2. The molecule has 2 aromatic heterocycles. The summed E-state index contributed by atoms with van der Waals surface area (Å²) in [4.78, 5) is 32.9. The highest BCUT2D eigenvalue weighted by molar-refractivity contribution is 9.10. The maximum Gasteiger partial charge on any atom is 0.296 e. The van der Waals surface area contributed by atoms with Gasteiger partial charge in [-0.25, -0.2) is 4.98 Å². The Hall–Kier alpha value is -2.96. The van der Waals surface area contributed by atoms with Crippen LogP contribution in [-0.4, -0.2) is 10.9 Å². The zero-order valence-corrected chi connectivity index (χ0v) is 18.1. The monoisotopic (exact) mass is 480 g/mol. The van der Waals surface area contributed by atoms with E-state index in [-0.39, 0.29) is 16.8 Å². The van der Waals surface area contributed by atoms with Crippen LogP contribution in [0.1, 0.15) is 33.3 Å². The second-order valence-electron chi connectivity index (χ2n) is 7.14. The Morgan fingerprint density at radius 1 is 1.10 bits per heavy atom. The van der Waals surface area contributed by atoms with Crippen molar-refractivity contribution in [1.82, 2.24) is 4.98 Å². The van der Waals surface area contributed by atoms with E-state index in [9.17, 15) is 9.59 Å². The summed E-state index contributed by atoms with van der Waals surface area (Å²) >= 11 is 9.59. The summed E-state index contributed by atoms with van der Waals surface area (Å²) in [5, 5.41) is 0.767. The van der Waals surface area contributed by atoms with Crippen LogP contribution in [0.4, 0.5) is 5.82 Å². The summed E-state index contributed by atoms with van der Waals surface area (Å²) in [5.41, 5.74) is 2.07. The highest BCUT2D eigenvalue weighted by Gasteiger charge is 2.44. The first-order chi connectivity index (χ1) is 14.4. The van der Waals surface area contributed by atoms with Gasteiger partial charge in [0, 0.05) is 15.7 Å². The molecule has 0 spiro atoms. The van der Waals surface area contributed by atoms with E-state index in [1.165, 1.54) is 4.90 Å².